The first-order valence-corrected chi connectivity index (χ1v) is 10.8. The van der Waals surface area contributed by atoms with Crippen molar-refractivity contribution in [3.63, 3.8) is 0 Å². The molecule has 0 aliphatic carbocycles. The molecule has 1 unspecified atom stereocenters. The molecule has 1 saturated heterocycles. The van der Waals surface area contributed by atoms with Gasteiger partial charge in [-0.1, -0.05) is 24.3 Å². The SMILES string of the molecule is CCc1nc2sc(N3CCCC3C(=O)NCc3nnc4ccccn34)nn2c(=O)c1F. The minimum absolute atomic E-state index is 0.122. The molecule has 0 aromatic carbocycles. The lowest BCUT2D eigenvalue weighted by atomic mass is 10.2. The molecule has 0 bridgehead atoms. The average Bonchev–Trinajstić information content (AvgIpc) is 3.52. The van der Waals surface area contributed by atoms with E-state index in [0.717, 1.165) is 10.9 Å². The summed E-state index contributed by atoms with van der Waals surface area (Å²) in [5.41, 5.74) is 0.0139. The summed E-state index contributed by atoms with van der Waals surface area (Å²) in [6, 6.07) is 5.14. The molecule has 1 aliphatic heterocycles. The fourth-order valence-electron chi connectivity index (χ4n) is 3.77. The second kappa shape index (κ2) is 7.69. The Labute approximate surface area is 179 Å². The Bertz CT molecular complexity index is 1350. The van der Waals surface area contributed by atoms with Crippen molar-refractivity contribution in [3.8, 4) is 0 Å². The summed E-state index contributed by atoms with van der Waals surface area (Å²) in [4.78, 5) is 31.6. The molecule has 160 valence electrons. The van der Waals surface area contributed by atoms with E-state index >= 15 is 0 Å². The third kappa shape index (κ3) is 3.32. The van der Waals surface area contributed by atoms with Crippen LogP contribution in [0.5, 0.6) is 0 Å². The Hall–Kier alpha value is -3.41. The number of aryl methyl sites for hydroxylation is 1. The number of pyridine rings is 1. The summed E-state index contributed by atoms with van der Waals surface area (Å²) in [5.74, 6) is -0.412. The van der Waals surface area contributed by atoms with Crippen molar-refractivity contribution in [1.29, 1.82) is 0 Å². The number of hydrogen-bond acceptors (Lipinski definition) is 8. The fourth-order valence-corrected chi connectivity index (χ4v) is 4.76. The Morgan fingerprint density at radius 2 is 2.23 bits per heavy atom. The quantitative estimate of drug-likeness (QED) is 0.494. The monoisotopic (exact) mass is 442 g/mol. The second-order valence-corrected chi connectivity index (χ2v) is 8.16. The minimum Gasteiger partial charge on any atom is -0.347 e. The molecule has 10 nitrogen and oxygen atoms in total. The first kappa shape index (κ1) is 19.5. The van der Waals surface area contributed by atoms with Crippen LogP contribution >= 0.6 is 11.3 Å². The zero-order valence-electron chi connectivity index (χ0n) is 16.7. The van der Waals surface area contributed by atoms with Gasteiger partial charge in [0.05, 0.1) is 12.2 Å². The van der Waals surface area contributed by atoms with E-state index in [1.807, 2.05) is 33.7 Å². The molecule has 0 saturated carbocycles. The predicted molar refractivity (Wildman–Crippen MR) is 112 cm³/mol. The van der Waals surface area contributed by atoms with Crippen LogP contribution < -0.4 is 15.8 Å². The van der Waals surface area contributed by atoms with Gasteiger partial charge in [-0.05, 0) is 31.4 Å². The van der Waals surface area contributed by atoms with Crippen LogP contribution in [0.2, 0.25) is 0 Å². The van der Waals surface area contributed by atoms with Crippen LogP contribution in [0, 0.1) is 5.82 Å². The smallest absolute Gasteiger partial charge is 0.311 e. The van der Waals surface area contributed by atoms with Crippen molar-refractivity contribution in [2.24, 2.45) is 0 Å². The van der Waals surface area contributed by atoms with Gasteiger partial charge < -0.3 is 10.2 Å². The van der Waals surface area contributed by atoms with Gasteiger partial charge in [-0.25, -0.2) is 4.98 Å². The van der Waals surface area contributed by atoms with Crippen LogP contribution in [0.1, 0.15) is 31.3 Å². The average molecular weight is 442 g/mol. The number of nitrogens with zero attached hydrogens (tertiary/aromatic N) is 7. The first-order valence-electron chi connectivity index (χ1n) is 9.98. The highest BCUT2D eigenvalue weighted by Crippen LogP contribution is 2.29. The molecule has 1 N–H and O–H groups in total. The lowest BCUT2D eigenvalue weighted by Crippen LogP contribution is -2.43. The maximum absolute atomic E-state index is 14.1. The molecule has 1 fully saturated rings. The van der Waals surface area contributed by atoms with E-state index in [2.05, 4.69) is 25.6 Å². The van der Waals surface area contributed by atoms with Crippen LogP contribution in [0.3, 0.4) is 0 Å². The highest BCUT2D eigenvalue weighted by Gasteiger charge is 2.33. The summed E-state index contributed by atoms with van der Waals surface area (Å²) in [6.45, 7) is 2.59. The van der Waals surface area contributed by atoms with E-state index in [4.69, 9.17) is 0 Å². The maximum Gasteiger partial charge on any atom is 0.311 e. The fraction of sp³-hybridized carbons (Fsp3) is 0.368. The number of amides is 1. The van der Waals surface area contributed by atoms with Gasteiger partial charge >= 0.3 is 5.56 Å². The van der Waals surface area contributed by atoms with Gasteiger partial charge in [0.25, 0.3) is 0 Å². The van der Waals surface area contributed by atoms with Gasteiger partial charge in [0, 0.05) is 12.7 Å². The topological polar surface area (TPSA) is 110 Å². The minimum atomic E-state index is -0.881. The summed E-state index contributed by atoms with van der Waals surface area (Å²) < 4.78 is 16.9. The third-order valence-corrected chi connectivity index (χ3v) is 6.30. The molecule has 31 heavy (non-hydrogen) atoms. The van der Waals surface area contributed by atoms with Crippen LogP contribution in [-0.2, 0) is 17.8 Å². The van der Waals surface area contributed by atoms with E-state index in [9.17, 15) is 14.0 Å². The summed E-state index contributed by atoms with van der Waals surface area (Å²) in [6.07, 6.45) is 3.61. The summed E-state index contributed by atoms with van der Waals surface area (Å²) >= 11 is 1.18. The van der Waals surface area contributed by atoms with Gasteiger partial charge in [-0.15, -0.1) is 15.3 Å². The zero-order chi connectivity index (χ0) is 21.5. The Balaban J connectivity index is 1.37. The van der Waals surface area contributed by atoms with Crippen molar-refractivity contribution < 1.29 is 9.18 Å². The maximum atomic E-state index is 14.1. The second-order valence-electron chi connectivity index (χ2n) is 7.22. The van der Waals surface area contributed by atoms with E-state index in [0.29, 0.717) is 41.0 Å². The van der Waals surface area contributed by atoms with E-state index in [-0.39, 0.29) is 18.1 Å². The molecular weight excluding hydrogens is 423 g/mol. The molecule has 1 amide bonds. The number of halogens is 1. The lowest BCUT2D eigenvalue weighted by Gasteiger charge is -2.22. The molecule has 5 rings (SSSR count). The molecule has 12 heteroatoms. The van der Waals surface area contributed by atoms with Crippen LogP contribution in [-0.4, -0.2) is 47.7 Å². The van der Waals surface area contributed by atoms with Crippen molar-refractivity contribution in [3.05, 3.63) is 52.1 Å². The van der Waals surface area contributed by atoms with Crippen molar-refractivity contribution in [1.82, 2.24) is 34.5 Å². The number of nitrogens with one attached hydrogen (secondary N) is 1. The van der Waals surface area contributed by atoms with Crippen molar-refractivity contribution in [2.45, 2.75) is 38.8 Å². The third-order valence-electron chi connectivity index (χ3n) is 5.35. The molecular formula is C19H19FN8O2S. The largest absolute Gasteiger partial charge is 0.347 e. The van der Waals surface area contributed by atoms with Gasteiger partial charge in [0.15, 0.2) is 11.5 Å². The molecule has 5 heterocycles. The van der Waals surface area contributed by atoms with Crippen molar-refractivity contribution >= 4 is 33.0 Å². The number of aromatic nitrogens is 6. The van der Waals surface area contributed by atoms with E-state index in [1.165, 1.54) is 11.3 Å². The standard InChI is InChI=1S/C19H19FN8O2S/c1-2-11-15(20)17(30)28-18(22-11)31-19(25-28)26-9-5-6-12(26)16(29)21-10-14-24-23-13-7-3-4-8-27(13)14/h3-4,7-8,12H,2,5-6,9-10H2,1H3,(H,21,29). The Morgan fingerprint density at radius 1 is 1.35 bits per heavy atom. The van der Waals surface area contributed by atoms with Crippen LogP contribution in [0.4, 0.5) is 9.52 Å². The zero-order valence-corrected chi connectivity index (χ0v) is 17.5. The first-order chi connectivity index (χ1) is 15.1. The molecule has 4 aromatic heterocycles. The highest BCUT2D eigenvalue weighted by atomic mass is 32.1. The number of anilines is 1. The lowest BCUT2D eigenvalue weighted by molar-refractivity contribution is -0.122. The number of carbonyl (C=O) groups excluding carboxylic acids is 1. The van der Waals surface area contributed by atoms with Crippen LogP contribution in [0.15, 0.2) is 29.2 Å². The number of hydrogen-bond donors (Lipinski definition) is 1. The van der Waals surface area contributed by atoms with Crippen LogP contribution in [0.25, 0.3) is 10.6 Å². The predicted octanol–water partition coefficient (Wildman–Crippen LogP) is 1.18. The number of fused-ring (bicyclic) bond motifs is 2. The molecule has 1 aliphatic rings. The Morgan fingerprint density at radius 3 is 3.06 bits per heavy atom. The Kier molecular flexibility index (Phi) is 4.85. The summed E-state index contributed by atoms with van der Waals surface area (Å²) in [5, 5.41) is 15.9. The number of carbonyl (C=O) groups is 1. The highest BCUT2D eigenvalue weighted by molar-refractivity contribution is 7.20. The summed E-state index contributed by atoms with van der Waals surface area (Å²) in [7, 11) is 0. The molecule has 1 atom stereocenters. The van der Waals surface area contributed by atoms with Gasteiger partial charge in [0.1, 0.15) is 6.04 Å². The van der Waals surface area contributed by atoms with Gasteiger partial charge in [-0.2, -0.15) is 8.91 Å². The van der Waals surface area contributed by atoms with Gasteiger partial charge in [0.2, 0.25) is 21.8 Å². The van der Waals surface area contributed by atoms with Crippen molar-refractivity contribution in [2.75, 3.05) is 11.4 Å². The normalized spacial score (nSPS) is 16.5. The molecule has 0 spiro atoms. The number of rotatable bonds is 5. The molecule has 0 radical (unpaired) electrons. The van der Waals surface area contributed by atoms with E-state index < -0.39 is 17.4 Å². The molecule has 4 aromatic rings. The van der Waals surface area contributed by atoms with E-state index in [1.54, 1.807) is 6.92 Å². The van der Waals surface area contributed by atoms with Gasteiger partial charge in [-0.3, -0.25) is 14.0 Å².